The van der Waals surface area contributed by atoms with Crippen molar-refractivity contribution in [2.24, 2.45) is 0 Å². The van der Waals surface area contributed by atoms with Crippen LogP contribution in [0.5, 0.6) is 0 Å². The molecule has 0 aliphatic heterocycles. The quantitative estimate of drug-likeness (QED) is 0.160. The summed E-state index contributed by atoms with van der Waals surface area (Å²) < 4.78 is 3.97. The Balaban J connectivity index is 0. The Bertz CT molecular complexity index is 295. The molecule has 0 fully saturated rings. The van der Waals surface area contributed by atoms with E-state index in [0.717, 1.165) is 6.92 Å². The molecule has 0 aromatic rings. The summed E-state index contributed by atoms with van der Waals surface area (Å²) >= 11 is 0. The van der Waals surface area contributed by atoms with Gasteiger partial charge in [-0.2, -0.15) is 0 Å². The van der Waals surface area contributed by atoms with Gasteiger partial charge in [0.2, 0.25) is 0 Å². The van der Waals surface area contributed by atoms with Gasteiger partial charge in [0, 0.05) is 0 Å². The van der Waals surface area contributed by atoms with E-state index >= 15 is 0 Å². The van der Waals surface area contributed by atoms with Gasteiger partial charge in [-0.05, 0) is 6.92 Å². The number of aliphatic hydroxyl groups excluding tert-OH is 6. The Hall–Kier alpha value is 0.160. The normalized spacial score (nSPS) is 18.5. The van der Waals surface area contributed by atoms with Crippen LogP contribution in [-0.2, 0) is 14.3 Å². The van der Waals surface area contributed by atoms with Crippen molar-refractivity contribution in [2.45, 2.75) is 37.4 Å². The van der Waals surface area contributed by atoms with Crippen molar-refractivity contribution >= 4 is 49.7 Å². The topological polar surface area (TPSA) is 165 Å². The second-order valence-corrected chi connectivity index (χ2v) is 3.59. The maximum absolute atomic E-state index is 11.1. The average molecular weight is 310 g/mol. The molecule has 0 bridgehead atoms. The van der Waals surface area contributed by atoms with Gasteiger partial charge in [0.25, 0.3) is 0 Å². The molecule has 0 saturated carbocycles. The van der Waals surface area contributed by atoms with Gasteiger partial charge in [-0.15, -0.1) is 0 Å². The van der Waals surface area contributed by atoms with Crippen LogP contribution < -0.4 is 0 Å². The zero-order chi connectivity index (χ0) is 14.5. The fourth-order valence-corrected chi connectivity index (χ4v) is 0.907. The van der Waals surface area contributed by atoms with Gasteiger partial charge in [0.15, 0.2) is 6.10 Å². The first-order valence-electron chi connectivity index (χ1n) is 4.99. The van der Waals surface area contributed by atoms with Gasteiger partial charge in [-0.1, -0.05) is 0 Å². The molecule has 6 N–H and O–H groups in total. The zero-order valence-electron chi connectivity index (χ0n) is 9.50. The molecule has 0 aromatic carbocycles. The summed E-state index contributed by atoms with van der Waals surface area (Å²) in [4.78, 5) is 21.9. The minimum atomic E-state index is -2.32. The van der Waals surface area contributed by atoms with Crippen molar-refractivity contribution in [1.82, 2.24) is 0 Å². The third-order valence-electron chi connectivity index (χ3n) is 2.04. The Labute approximate surface area is 138 Å². The number of esters is 2. The molecular weight excluding hydrogens is 292 g/mol. The number of carbonyl (C=O) groups is 2. The van der Waals surface area contributed by atoms with Gasteiger partial charge in [-0.3, -0.25) is 0 Å². The van der Waals surface area contributed by atoms with Crippen molar-refractivity contribution in [1.29, 1.82) is 0 Å². The van der Waals surface area contributed by atoms with Crippen LogP contribution in [0.15, 0.2) is 0 Å². The molecule has 5 atom stereocenters. The van der Waals surface area contributed by atoms with E-state index < -0.39 is 49.1 Å². The molecule has 0 spiro atoms. The van der Waals surface area contributed by atoms with Crippen LogP contribution in [-0.4, -0.2) is 117 Å². The number of ether oxygens (including phenoxy) is 1. The summed E-state index contributed by atoms with van der Waals surface area (Å²) in [7, 11) is 0. The van der Waals surface area contributed by atoms with Crippen molar-refractivity contribution in [3.8, 4) is 0 Å². The first-order valence-corrected chi connectivity index (χ1v) is 4.99. The van der Waals surface area contributed by atoms with Crippen LogP contribution in [0.25, 0.3) is 0 Å². The number of aliphatic hydroxyl groups is 6. The molecule has 1 unspecified atom stereocenters. The van der Waals surface area contributed by atoms with Gasteiger partial charge < -0.3 is 35.4 Å². The monoisotopic (exact) mass is 310 g/mol. The summed E-state index contributed by atoms with van der Waals surface area (Å²) in [5.74, 6) is -2.94. The fourth-order valence-electron chi connectivity index (χ4n) is 0.907. The Morgan fingerprint density at radius 2 is 1.47 bits per heavy atom. The molecule has 0 aromatic heterocycles. The van der Waals surface area contributed by atoms with Crippen LogP contribution in [0.2, 0.25) is 0 Å². The standard InChI is InChI=1S/C9H16O9.Ca.2H/c1-3(11)8(16)18-9(17)7(15)6(14)5(13)4(12)2-10;;;/h3-7,10-15H,2H2,1H3;;;/t3?,4-,5-,6+,7-;;;/m1.../s1. The minimum absolute atomic E-state index is 0. The van der Waals surface area contributed by atoms with E-state index in [1.165, 1.54) is 0 Å². The van der Waals surface area contributed by atoms with E-state index in [0.29, 0.717) is 0 Å². The molecule has 110 valence electrons. The Morgan fingerprint density at radius 3 is 1.84 bits per heavy atom. The van der Waals surface area contributed by atoms with E-state index in [4.69, 9.17) is 15.3 Å². The molecule has 10 heteroatoms. The summed E-state index contributed by atoms with van der Waals surface area (Å²) in [6.07, 6.45) is -9.88. The molecular formula is C9H18CaO9. The molecule has 0 heterocycles. The van der Waals surface area contributed by atoms with Crippen molar-refractivity contribution < 1.29 is 45.0 Å². The van der Waals surface area contributed by atoms with Gasteiger partial charge >= 0.3 is 49.7 Å². The van der Waals surface area contributed by atoms with Crippen molar-refractivity contribution in [3.05, 3.63) is 0 Å². The summed E-state index contributed by atoms with van der Waals surface area (Å²) in [5, 5.41) is 53.9. The second-order valence-electron chi connectivity index (χ2n) is 3.59. The third kappa shape index (κ3) is 6.93. The predicted molar refractivity (Wildman–Crippen MR) is 62.4 cm³/mol. The average Bonchev–Trinajstić information content (AvgIpc) is 2.34. The van der Waals surface area contributed by atoms with Crippen LogP contribution in [0, 0.1) is 0 Å². The zero-order valence-corrected chi connectivity index (χ0v) is 9.50. The number of carbonyl (C=O) groups excluding carboxylic acids is 2. The van der Waals surface area contributed by atoms with Gasteiger partial charge in [0.1, 0.15) is 24.4 Å². The van der Waals surface area contributed by atoms with E-state index in [9.17, 15) is 24.9 Å². The van der Waals surface area contributed by atoms with E-state index in [1.54, 1.807) is 0 Å². The molecule has 0 saturated heterocycles. The second kappa shape index (κ2) is 9.97. The van der Waals surface area contributed by atoms with E-state index in [1.807, 2.05) is 0 Å². The molecule has 0 radical (unpaired) electrons. The number of hydrogen-bond acceptors (Lipinski definition) is 9. The molecule has 9 nitrogen and oxygen atoms in total. The maximum atomic E-state index is 11.1. The Kier molecular flexibility index (Phi) is 11.3. The predicted octanol–water partition coefficient (Wildman–Crippen LogP) is -5.04. The molecule has 0 aliphatic carbocycles. The van der Waals surface area contributed by atoms with Gasteiger partial charge in [0.05, 0.1) is 6.61 Å². The van der Waals surface area contributed by atoms with Gasteiger partial charge in [-0.25, -0.2) is 9.59 Å². The van der Waals surface area contributed by atoms with Crippen LogP contribution in [0.1, 0.15) is 6.92 Å². The fraction of sp³-hybridized carbons (Fsp3) is 0.778. The molecule has 0 amide bonds. The SMILES string of the molecule is CC(O)C(=O)OC(=O)[C@H](O)[C@@H](O)[C@H](O)[C@H](O)CO.[CaH2]. The van der Waals surface area contributed by atoms with Crippen LogP contribution in [0.3, 0.4) is 0 Å². The summed E-state index contributed by atoms with van der Waals surface area (Å²) in [5.41, 5.74) is 0. The van der Waals surface area contributed by atoms with E-state index in [2.05, 4.69) is 4.74 Å². The Morgan fingerprint density at radius 1 is 1.00 bits per heavy atom. The molecule has 19 heavy (non-hydrogen) atoms. The third-order valence-corrected chi connectivity index (χ3v) is 2.04. The first-order chi connectivity index (χ1) is 8.22. The van der Waals surface area contributed by atoms with Crippen LogP contribution in [0.4, 0.5) is 0 Å². The van der Waals surface area contributed by atoms with Crippen molar-refractivity contribution in [2.75, 3.05) is 6.61 Å². The van der Waals surface area contributed by atoms with Crippen molar-refractivity contribution in [3.63, 3.8) is 0 Å². The summed E-state index contributed by atoms with van der Waals surface area (Å²) in [6, 6.07) is 0. The van der Waals surface area contributed by atoms with Crippen LogP contribution >= 0.6 is 0 Å². The molecule has 0 aliphatic rings. The number of rotatable bonds is 6. The first kappa shape index (κ1) is 21.5. The van der Waals surface area contributed by atoms with E-state index in [-0.39, 0.29) is 37.7 Å². The summed E-state index contributed by atoms with van der Waals surface area (Å²) in [6.45, 7) is 0.107. The number of hydrogen-bond donors (Lipinski definition) is 6. The molecule has 0 rings (SSSR count).